The second-order valence-electron chi connectivity index (χ2n) is 8.69. The number of para-hydroxylation sites is 1. The van der Waals surface area contributed by atoms with Gasteiger partial charge in [0.1, 0.15) is 12.1 Å². The van der Waals surface area contributed by atoms with E-state index in [1.54, 1.807) is 6.20 Å². The number of nitrogens with zero attached hydrogens (tertiary/aromatic N) is 4. The topological polar surface area (TPSA) is 60.1 Å². The molecule has 164 valence electrons. The highest BCUT2D eigenvalue weighted by Crippen LogP contribution is 2.27. The Bertz CT molecular complexity index is 1340. The molecule has 0 spiro atoms. The van der Waals surface area contributed by atoms with Crippen LogP contribution in [0.1, 0.15) is 36.8 Å². The molecule has 0 bridgehead atoms. The van der Waals surface area contributed by atoms with Gasteiger partial charge in [-0.1, -0.05) is 55.3 Å². The molecule has 0 saturated carbocycles. The number of aryl methyl sites for hydroxylation is 1. The summed E-state index contributed by atoms with van der Waals surface area (Å²) in [6, 6.07) is 16.3. The molecule has 0 atom stereocenters. The van der Waals surface area contributed by atoms with Crippen LogP contribution < -0.4 is 5.56 Å². The highest BCUT2D eigenvalue weighted by Gasteiger charge is 2.20. The lowest BCUT2D eigenvalue weighted by molar-refractivity contribution is -0.132. The Morgan fingerprint density at radius 1 is 0.938 bits per heavy atom. The number of hydrogen-bond acceptors (Lipinski definition) is 3. The van der Waals surface area contributed by atoms with Gasteiger partial charge >= 0.3 is 0 Å². The molecule has 1 fully saturated rings. The zero-order valence-corrected chi connectivity index (χ0v) is 18.5. The highest BCUT2D eigenvalue weighted by molar-refractivity contribution is 6.07. The molecule has 5 rings (SSSR count). The smallest absolute Gasteiger partial charge is 0.291 e. The van der Waals surface area contributed by atoms with Crippen molar-refractivity contribution in [2.24, 2.45) is 0 Å². The molecule has 6 nitrogen and oxygen atoms in total. The van der Waals surface area contributed by atoms with Crippen LogP contribution in [0.25, 0.3) is 21.8 Å². The molecular weight excluding hydrogens is 400 g/mol. The number of likely N-dealkylation sites (tertiary alicyclic amines) is 1. The van der Waals surface area contributed by atoms with Crippen LogP contribution in [0.4, 0.5) is 0 Å². The Hall–Kier alpha value is -3.41. The Labute approximate surface area is 187 Å². The van der Waals surface area contributed by atoms with Gasteiger partial charge in [0.2, 0.25) is 5.91 Å². The first-order chi connectivity index (χ1) is 15.6. The summed E-state index contributed by atoms with van der Waals surface area (Å²) >= 11 is 0. The largest absolute Gasteiger partial charge is 0.341 e. The number of rotatable bonds is 4. The molecule has 1 amide bonds. The number of carbonyl (C=O) groups is 1. The molecular formula is C26H28N4O2. The second-order valence-corrected chi connectivity index (χ2v) is 8.69. The summed E-state index contributed by atoms with van der Waals surface area (Å²) in [4.78, 5) is 28.4. The van der Waals surface area contributed by atoms with E-state index in [0.717, 1.165) is 55.1 Å². The molecule has 0 radical (unpaired) electrons. The van der Waals surface area contributed by atoms with Gasteiger partial charge in [-0.05, 0) is 37.0 Å². The third-order valence-corrected chi connectivity index (χ3v) is 6.61. The first kappa shape index (κ1) is 20.5. The molecule has 0 N–H and O–H groups in total. The van der Waals surface area contributed by atoms with Gasteiger partial charge in [0.25, 0.3) is 5.56 Å². The van der Waals surface area contributed by atoms with E-state index in [1.807, 2.05) is 41.3 Å². The maximum atomic E-state index is 13.6. The van der Waals surface area contributed by atoms with E-state index in [1.165, 1.54) is 15.8 Å². The summed E-state index contributed by atoms with van der Waals surface area (Å²) in [5.41, 5.74) is 3.74. The average Bonchev–Trinajstić information content (AvgIpc) is 2.95. The summed E-state index contributed by atoms with van der Waals surface area (Å²) < 4.78 is 3.41. The number of aromatic nitrogens is 3. The van der Waals surface area contributed by atoms with Gasteiger partial charge in [0.05, 0.1) is 6.20 Å². The van der Waals surface area contributed by atoms with Crippen molar-refractivity contribution in [3.05, 3.63) is 76.2 Å². The fraction of sp³-hybridized carbons (Fsp3) is 0.346. The molecule has 3 heterocycles. The van der Waals surface area contributed by atoms with Gasteiger partial charge in [-0.3, -0.25) is 9.59 Å². The van der Waals surface area contributed by atoms with Crippen LogP contribution in [0, 0.1) is 6.92 Å². The molecule has 2 aromatic heterocycles. The lowest BCUT2D eigenvalue weighted by Gasteiger charge is -2.20. The van der Waals surface area contributed by atoms with Crippen molar-refractivity contribution in [1.82, 2.24) is 19.2 Å². The number of fused-ring (bicyclic) bond motifs is 3. The van der Waals surface area contributed by atoms with E-state index in [0.29, 0.717) is 12.1 Å². The zero-order valence-electron chi connectivity index (χ0n) is 18.5. The van der Waals surface area contributed by atoms with Gasteiger partial charge in [-0.2, -0.15) is 5.10 Å². The maximum absolute atomic E-state index is 13.6. The fourth-order valence-corrected chi connectivity index (χ4v) is 4.78. The van der Waals surface area contributed by atoms with Crippen LogP contribution in [-0.2, 0) is 17.9 Å². The molecule has 0 unspecified atom stereocenters. The van der Waals surface area contributed by atoms with Crippen molar-refractivity contribution in [3.63, 3.8) is 0 Å². The van der Waals surface area contributed by atoms with Crippen LogP contribution >= 0.6 is 0 Å². The van der Waals surface area contributed by atoms with E-state index in [-0.39, 0.29) is 18.0 Å². The summed E-state index contributed by atoms with van der Waals surface area (Å²) in [5, 5.41) is 6.23. The normalized spacial score (nSPS) is 14.7. The summed E-state index contributed by atoms with van der Waals surface area (Å²) in [5.74, 6) is -0.0255. The molecule has 1 saturated heterocycles. The van der Waals surface area contributed by atoms with Gasteiger partial charge in [0.15, 0.2) is 0 Å². The SMILES string of the molecule is Cc1ccccc1Cn1c2ccccc2c2cnn(CC(=O)N3CCCCCC3)c(=O)c21. The molecule has 1 aliphatic heterocycles. The van der Waals surface area contributed by atoms with E-state index in [9.17, 15) is 9.59 Å². The van der Waals surface area contributed by atoms with E-state index in [4.69, 9.17) is 0 Å². The summed E-state index contributed by atoms with van der Waals surface area (Å²) in [6.07, 6.45) is 6.11. The van der Waals surface area contributed by atoms with Crippen molar-refractivity contribution in [2.75, 3.05) is 13.1 Å². The van der Waals surface area contributed by atoms with Gasteiger partial charge in [0, 0.05) is 35.9 Å². The Morgan fingerprint density at radius 2 is 1.66 bits per heavy atom. The zero-order chi connectivity index (χ0) is 22.1. The quantitative estimate of drug-likeness (QED) is 0.491. The van der Waals surface area contributed by atoms with Crippen LogP contribution in [0.5, 0.6) is 0 Å². The number of hydrogen-bond donors (Lipinski definition) is 0. The van der Waals surface area contributed by atoms with Gasteiger partial charge in [-0.15, -0.1) is 0 Å². The number of benzene rings is 2. The monoisotopic (exact) mass is 428 g/mol. The van der Waals surface area contributed by atoms with Gasteiger partial charge in [-0.25, -0.2) is 4.68 Å². The van der Waals surface area contributed by atoms with Crippen molar-refractivity contribution in [3.8, 4) is 0 Å². The predicted octanol–water partition coefficient (Wildman–Crippen LogP) is 4.11. The third kappa shape index (κ3) is 3.70. The van der Waals surface area contributed by atoms with Crippen molar-refractivity contribution in [2.45, 2.75) is 45.7 Å². The number of amides is 1. The molecule has 4 aromatic rings. The van der Waals surface area contributed by atoms with Crippen LogP contribution in [0.3, 0.4) is 0 Å². The third-order valence-electron chi connectivity index (χ3n) is 6.61. The standard InChI is InChI=1S/C26H28N4O2/c1-19-10-4-5-11-20(19)17-29-23-13-7-6-12-21(23)22-16-27-30(26(32)25(22)29)18-24(31)28-14-8-2-3-9-15-28/h4-7,10-13,16H,2-3,8-9,14-15,17-18H2,1H3. The summed E-state index contributed by atoms with van der Waals surface area (Å²) in [6.45, 7) is 4.20. The van der Waals surface area contributed by atoms with Crippen LogP contribution in [0.15, 0.2) is 59.5 Å². The van der Waals surface area contributed by atoms with Crippen LogP contribution in [0.2, 0.25) is 0 Å². The molecule has 6 heteroatoms. The molecule has 1 aliphatic rings. The average molecular weight is 429 g/mol. The molecule has 0 aliphatic carbocycles. The minimum absolute atomic E-state index is 0.0132. The van der Waals surface area contributed by atoms with Crippen molar-refractivity contribution < 1.29 is 4.79 Å². The minimum atomic E-state index is -0.213. The number of carbonyl (C=O) groups excluding carboxylic acids is 1. The molecule has 32 heavy (non-hydrogen) atoms. The van der Waals surface area contributed by atoms with E-state index < -0.39 is 0 Å². The van der Waals surface area contributed by atoms with Crippen molar-refractivity contribution >= 4 is 27.7 Å². The van der Waals surface area contributed by atoms with Crippen LogP contribution in [-0.4, -0.2) is 38.2 Å². The van der Waals surface area contributed by atoms with Gasteiger partial charge < -0.3 is 9.47 Å². The van der Waals surface area contributed by atoms with Crippen molar-refractivity contribution in [1.29, 1.82) is 0 Å². The van der Waals surface area contributed by atoms with E-state index >= 15 is 0 Å². The molecule has 2 aromatic carbocycles. The first-order valence-electron chi connectivity index (χ1n) is 11.4. The lowest BCUT2D eigenvalue weighted by atomic mass is 10.1. The lowest BCUT2D eigenvalue weighted by Crippen LogP contribution is -2.38. The Morgan fingerprint density at radius 3 is 2.44 bits per heavy atom. The minimum Gasteiger partial charge on any atom is -0.341 e. The first-order valence-corrected chi connectivity index (χ1v) is 11.4. The summed E-state index contributed by atoms with van der Waals surface area (Å²) in [7, 11) is 0. The Balaban J connectivity index is 1.59. The predicted molar refractivity (Wildman–Crippen MR) is 127 cm³/mol. The highest BCUT2D eigenvalue weighted by atomic mass is 16.2. The fourth-order valence-electron chi connectivity index (χ4n) is 4.78. The Kier molecular flexibility index (Phi) is 5.52. The van der Waals surface area contributed by atoms with E-state index in [2.05, 4.69) is 28.7 Å². The maximum Gasteiger partial charge on any atom is 0.291 e. The second kappa shape index (κ2) is 8.61.